The van der Waals surface area contributed by atoms with E-state index in [0.29, 0.717) is 28.8 Å². The summed E-state index contributed by atoms with van der Waals surface area (Å²) in [7, 11) is 0. The number of carbonyl (C=O) groups is 1. The van der Waals surface area contributed by atoms with Gasteiger partial charge in [-0.1, -0.05) is 6.58 Å². The Morgan fingerprint density at radius 2 is 1.97 bits per heavy atom. The van der Waals surface area contributed by atoms with Crippen LogP contribution in [0.3, 0.4) is 0 Å². The average molecular weight is 479 g/mol. The number of benzene rings is 1. The number of anilines is 3. The fourth-order valence-electron chi connectivity index (χ4n) is 4.22. The van der Waals surface area contributed by atoms with Crippen LogP contribution < -0.4 is 24.6 Å². The zero-order valence-corrected chi connectivity index (χ0v) is 20.0. The molecular formula is C24H26N6O3S. The van der Waals surface area contributed by atoms with Gasteiger partial charge in [-0.05, 0) is 43.8 Å². The van der Waals surface area contributed by atoms with Gasteiger partial charge in [0.1, 0.15) is 5.82 Å². The fraction of sp³-hybridized carbons (Fsp3) is 0.333. The molecule has 3 aliphatic heterocycles. The number of carbonyl (C=O) groups excluding carboxylic acids is 1. The lowest BCUT2D eigenvalue weighted by Gasteiger charge is -2.37. The largest absolute Gasteiger partial charge is 0.454 e. The second-order valence-corrected chi connectivity index (χ2v) is 8.63. The summed E-state index contributed by atoms with van der Waals surface area (Å²) in [6.45, 7) is 11.6. The third-order valence-corrected chi connectivity index (χ3v) is 6.52. The summed E-state index contributed by atoms with van der Waals surface area (Å²) in [6.07, 6.45) is 3.61. The average Bonchev–Trinajstić information content (AvgIpc) is 3.32. The van der Waals surface area contributed by atoms with Gasteiger partial charge in [0.05, 0.1) is 0 Å². The van der Waals surface area contributed by atoms with Crippen LogP contribution in [0.1, 0.15) is 19.4 Å². The third-order valence-electron chi connectivity index (χ3n) is 6.16. The summed E-state index contributed by atoms with van der Waals surface area (Å²) in [6, 6.07) is 5.70. The van der Waals surface area contributed by atoms with Crippen LogP contribution in [-0.2, 0) is 4.79 Å². The van der Waals surface area contributed by atoms with Gasteiger partial charge in [0.15, 0.2) is 22.4 Å². The molecule has 1 N–H and O–H groups in total. The number of Topliss-reactive ketones (excluding diaryl/α,β-unsaturated/α-hetero) is 1. The van der Waals surface area contributed by atoms with Crippen molar-refractivity contribution in [2.24, 2.45) is 0 Å². The first kappa shape index (κ1) is 22.1. The Morgan fingerprint density at radius 3 is 2.71 bits per heavy atom. The standard InChI is InChI=1S/C24H26N6O3S/c1-4-28-13-19(16(3)31)15(2)18-12-25-23(27-22(18)28)29-7-9-30(10-8-29)24(34)26-17-5-6-20-21(11-17)33-14-32-20/h5-6,11-13H,2,4,7-10,14H2,1,3H3,(H,26,34). The second kappa shape index (κ2) is 8.94. The summed E-state index contributed by atoms with van der Waals surface area (Å²) in [5.41, 5.74) is 2.94. The van der Waals surface area contributed by atoms with E-state index in [2.05, 4.69) is 26.7 Å². The Morgan fingerprint density at radius 1 is 1.21 bits per heavy atom. The number of allylic oxidation sites excluding steroid dienone is 2. The maximum Gasteiger partial charge on any atom is 0.231 e. The van der Waals surface area contributed by atoms with Crippen molar-refractivity contribution in [3.05, 3.63) is 48.3 Å². The first-order chi connectivity index (χ1) is 16.4. The minimum absolute atomic E-state index is 0.0142. The molecule has 1 fully saturated rings. The summed E-state index contributed by atoms with van der Waals surface area (Å²) in [5, 5.41) is 3.96. The highest BCUT2D eigenvalue weighted by Gasteiger charge is 2.27. The van der Waals surface area contributed by atoms with Crippen molar-refractivity contribution in [2.45, 2.75) is 13.8 Å². The van der Waals surface area contributed by atoms with Crippen LogP contribution >= 0.6 is 12.2 Å². The monoisotopic (exact) mass is 478 g/mol. The van der Waals surface area contributed by atoms with E-state index < -0.39 is 0 Å². The molecule has 9 nitrogen and oxygen atoms in total. The van der Waals surface area contributed by atoms with Crippen molar-refractivity contribution in [3.8, 4) is 11.5 Å². The molecule has 1 saturated heterocycles. The Bertz CT molecular complexity index is 1210. The van der Waals surface area contributed by atoms with Crippen molar-refractivity contribution in [1.82, 2.24) is 14.9 Å². The number of hydrogen-bond acceptors (Lipinski definition) is 8. The molecule has 34 heavy (non-hydrogen) atoms. The van der Waals surface area contributed by atoms with Gasteiger partial charge in [0.2, 0.25) is 12.7 Å². The molecule has 10 heteroatoms. The number of fused-ring (bicyclic) bond motifs is 2. The quantitative estimate of drug-likeness (QED) is 0.662. The van der Waals surface area contributed by atoms with E-state index in [0.717, 1.165) is 54.7 Å². The Labute approximate surface area is 203 Å². The van der Waals surface area contributed by atoms with Crippen LogP contribution in [0, 0.1) is 0 Å². The molecule has 1 aromatic heterocycles. The first-order valence-electron chi connectivity index (χ1n) is 11.2. The van der Waals surface area contributed by atoms with Crippen LogP contribution in [0.15, 0.2) is 42.7 Å². The molecule has 2 aromatic rings. The van der Waals surface area contributed by atoms with E-state index in [-0.39, 0.29) is 12.6 Å². The number of thiocarbonyl (C=S) groups is 1. The smallest absolute Gasteiger partial charge is 0.231 e. The molecule has 0 amide bonds. The minimum Gasteiger partial charge on any atom is -0.454 e. The zero-order chi connectivity index (χ0) is 23.8. The molecule has 5 rings (SSSR count). The molecule has 0 unspecified atom stereocenters. The fourth-order valence-corrected chi connectivity index (χ4v) is 4.52. The van der Waals surface area contributed by atoms with E-state index in [1.54, 1.807) is 13.1 Å². The maximum atomic E-state index is 12.0. The lowest BCUT2D eigenvalue weighted by atomic mass is 9.96. The molecule has 3 aliphatic rings. The second-order valence-electron chi connectivity index (χ2n) is 8.24. The van der Waals surface area contributed by atoms with Crippen LogP contribution in [0.4, 0.5) is 17.5 Å². The van der Waals surface area contributed by atoms with E-state index in [4.69, 9.17) is 26.7 Å². The van der Waals surface area contributed by atoms with E-state index in [1.807, 2.05) is 36.2 Å². The van der Waals surface area contributed by atoms with Gasteiger partial charge >= 0.3 is 0 Å². The van der Waals surface area contributed by atoms with Gasteiger partial charge in [0, 0.05) is 68.0 Å². The Hall–Kier alpha value is -3.66. The lowest BCUT2D eigenvalue weighted by Crippen LogP contribution is -2.50. The van der Waals surface area contributed by atoms with Crippen molar-refractivity contribution < 1.29 is 14.3 Å². The Balaban J connectivity index is 1.25. The zero-order valence-electron chi connectivity index (χ0n) is 19.2. The maximum absolute atomic E-state index is 12.0. The summed E-state index contributed by atoms with van der Waals surface area (Å²) < 4.78 is 10.8. The van der Waals surface area contributed by atoms with Gasteiger partial charge < -0.3 is 29.5 Å². The third kappa shape index (κ3) is 4.05. The molecule has 0 bridgehead atoms. The summed E-state index contributed by atoms with van der Waals surface area (Å²) >= 11 is 5.64. The van der Waals surface area contributed by atoms with Crippen LogP contribution in [-0.4, -0.2) is 65.3 Å². The van der Waals surface area contributed by atoms with Crippen LogP contribution in [0.2, 0.25) is 0 Å². The van der Waals surface area contributed by atoms with Crippen molar-refractivity contribution in [3.63, 3.8) is 0 Å². The minimum atomic E-state index is -0.0142. The van der Waals surface area contributed by atoms with E-state index in [9.17, 15) is 4.79 Å². The number of aromatic nitrogens is 2. The number of rotatable bonds is 4. The topological polar surface area (TPSA) is 83.1 Å². The number of nitrogens with zero attached hydrogens (tertiary/aromatic N) is 5. The first-order valence-corrected chi connectivity index (χ1v) is 11.6. The van der Waals surface area contributed by atoms with Gasteiger partial charge in [-0.2, -0.15) is 4.98 Å². The predicted molar refractivity (Wildman–Crippen MR) is 135 cm³/mol. The highest BCUT2D eigenvalue weighted by molar-refractivity contribution is 7.80. The molecule has 0 aliphatic carbocycles. The molecule has 0 saturated carbocycles. The van der Waals surface area contributed by atoms with Crippen molar-refractivity contribution in [2.75, 3.05) is 54.6 Å². The molecular weight excluding hydrogens is 452 g/mol. The number of nitrogens with one attached hydrogen (secondary N) is 1. The van der Waals surface area contributed by atoms with Gasteiger partial charge in [0.25, 0.3) is 0 Å². The lowest BCUT2D eigenvalue weighted by molar-refractivity contribution is -0.113. The summed E-state index contributed by atoms with van der Waals surface area (Å²) in [4.78, 5) is 27.7. The molecule has 4 heterocycles. The van der Waals surface area contributed by atoms with E-state index in [1.165, 1.54) is 0 Å². The summed E-state index contributed by atoms with van der Waals surface area (Å²) in [5.74, 6) is 2.90. The van der Waals surface area contributed by atoms with Gasteiger partial charge in [-0.15, -0.1) is 0 Å². The molecule has 0 spiro atoms. The molecule has 0 atom stereocenters. The highest BCUT2D eigenvalue weighted by atomic mass is 32.1. The normalized spacial score (nSPS) is 16.8. The van der Waals surface area contributed by atoms with Gasteiger partial charge in [-0.3, -0.25) is 4.79 Å². The van der Waals surface area contributed by atoms with Crippen molar-refractivity contribution in [1.29, 1.82) is 0 Å². The number of hydrogen-bond donors (Lipinski definition) is 1. The number of piperazine rings is 1. The SMILES string of the molecule is C=C1C(C(C)=O)=CN(CC)c2nc(N3CCN(C(=S)Nc4ccc5c(c4)OCO5)CC3)ncc21. The van der Waals surface area contributed by atoms with Gasteiger partial charge in [-0.25, -0.2) is 4.98 Å². The number of ether oxygens (including phenoxy) is 2. The number of ketones is 1. The highest BCUT2D eigenvalue weighted by Crippen LogP contribution is 2.36. The van der Waals surface area contributed by atoms with E-state index >= 15 is 0 Å². The van der Waals surface area contributed by atoms with Crippen LogP contribution in [0.5, 0.6) is 11.5 Å². The molecule has 0 radical (unpaired) electrons. The Kier molecular flexibility index (Phi) is 5.82. The predicted octanol–water partition coefficient (Wildman–Crippen LogP) is 3.05. The van der Waals surface area contributed by atoms with Crippen molar-refractivity contribution >= 4 is 46.1 Å². The molecule has 1 aromatic carbocycles. The molecule has 176 valence electrons. The van der Waals surface area contributed by atoms with Crippen LogP contribution in [0.25, 0.3) is 5.57 Å².